The van der Waals surface area contributed by atoms with E-state index in [0.29, 0.717) is 11.8 Å². The highest BCUT2D eigenvalue weighted by atomic mass is 16.5. The van der Waals surface area contributed by atoms with Crippen LogP contribution in [0, 0.1) is 5.92 Å². The number of fused-ring (bicyclic) bond motifs is 1. The van der Waals surface area contributed by atoms with Crippen molar-refractivity contribution in [3.05, 3.63) is 59.8 Å². The summed E-state index contributed by atoms with van der Waals surface area (Å²) in [6.45, 7) is 6.53. The monoisotopic (exact) mass is 391 g/mol. The number of methoxy groups -OCH3 is 2. The molecule has 0 spiro atoms. The van der Waals surface area contributed by atoms with Gasteiger partial charge in [0.15, 0.2) is 11.5 Å². The van der Waals surface area contributed by atoms with E-state index in [4.69, 9.17) is 14.8 Å². The first-order valence-electron chi connectivity index (χ1n) is 10.6. The number of benzene rings is 2. The summed E-state index contributed by atoms with van der Waals surface area (Å²) < 4.78 is 13.4. The highest BCUT2D eigenvalue weighted by molar-refractivity contribution is 5.84. The van der Waals surface area contributed by atoms with Crippen LogP contribution in [0.4, 0.5) is 0 Å². The fraction of sp³-hybridized carbons (Fsp3) is 0.440. The zero-order valence-electron chi connectivity index (χ0n) is 17.9. The van der Waals surface area contributed by atoms with E-state index >= 15 is 0 Å². The number of hydrogen-bond donors (Lipinski definition) is 0. The average Bonchev–Trinajstić information content (AvgIpc) is 3.36. The third kappa shape index (κ3) is 3.86. The van der Waals surface area contributed by atoms with Crippen molar-refractivity contribution in [2.45, 2.75) is 45.2 Å². The molecule has 4 heteroatoms. The smallest absolute Gasteiger partial charge is 0.161 e. The molecule has 1 aromatic heterocycles. The number of ether oxygens (including phenoxy) is 2. The molecule has 153 valence electrons. The van der Waals surface area contributed by atoms with Gasteiger partial charge in [-0.25, -0.2) is 5.32 Å². The van der Waals surface area contributed by atoms with Crippen LogP contribution in [0.25, 0.3) is 10.9 Å². The van der Waals surface area contributed by atoms with Crippen molar-refractivity contribution in [2.24, 2.45) is 5.92 Å². The van der Waals surface area contributed by atoms with E-state index in [0.717, 1.165) is 31.0 Å². The van der Waals surface area contributed by atoms with Gasteiger partial charge in [-0.1, -0.05) is 38.1 Å². The van der Waals surface area contributed by atoms with Crippen LogP contribution < -0.4 is 14.8 Å². The fourth-order valence-corrected chi connectivity index (χ4v) is 4.49. The highest BCUT2D eigenvalue weighted by Gasteiger charge is 2.33. The molecular weight excluding hydrogens is 360 g/mol. The minimum atomic E-state index is 0.152. The molecule has 0 N–H and O–H groups in total. The second-order valence-electron chi connectivity index (χ2n) is 8.34. The molecule has 1 aliphatic rings. The lowest BCUT2D eigenvalue weighted by Gasteiger charge is -2.20. The number of para-hydroxylation sites is 1. The van der Waals surface area contributed by atoms with E-state index in [1.165, 1.54) is 28.5 Å². The Bertz CT molecular complexity index is 976. The minimum absolute atomic E-state index is 0.152. The second kappa shape index (κ2) is 8.50. The third-order valence-electron chi connectivity index (χ3n) is 6.06. The molecule has 2 atom stereocenters. The summed E-state index contributed by atoms with van der Waals surface area (Å²) in [5.74, 6) is 2.61. The van der Waals surface area contributed by atoms with E-state index in [9.17, 15) is 0 Å². The molecule has 2 aromatic carbocycles. The van der Waals surface area contributed by atoms with Crippen LogP contribution >= 0.6 is 0 Å². The highest BCUT2D eigenvalue weighted by Crippen LogP contribution is 2.44. The first-order chi connectivity index (χ1) is 14.1. The Morgan fingerprint density at radius 1 is 1.07 bits per heavy atom. The van der Waals surface area contributed by atoms with Crippen LogP contribution in [0.5, 0.6) is 11.5 Å². The minimum Gasteiger partial charge on any atom is -0.493 e. The number of aromatic nitrogens is 1. The van der Waals surface area contributed by atoms with Crippen molar-refractivity contribution in [3.63, 3.8) is 0 Å². The summed E-state index contributed by atoms with van der Waals surface area (Å²) in [6, 6.07) is 15.2. The Labute approximate surface area is 173 Å². The Balaban J connectivity index is 1.71. The van der Waals surface area contributed by atoms with E-state index in [2.05, 4.69) is 61.0 Å². The molecule has 0 amide bonds. The second-order valence-corrected chi connectivity index (χ2v) is 8.34. The molecule has 2 unspecified atom stereocenters. The average molecular weight is 392 g/mol. The van der Waals surface area contributed by atoms with Gasteiger partial charge in [0.25, 0.3) is 0 Å². The van der Waals surface area contributed by atoms with Crippen LogP contribution in [0.15, 0.2) is 48.7 Å². The SMILES string of the molecule is COc1ccc(C2[N]CCC2c2cn(CCC(C)C)c3ccccc23)cc1OC. The molecule has 0 aliphatic carbocycles. The number of nitrogens with zero attached hydrogens (tertiary/aromatic N) is 2. The molecule has 3 aromatic rings. The zero-order chi connectivity index (χ0) is 20.4. The summed E-state index contributed by atoms with van der Waals surface area (Å²) in [4.78, 5) is 0. The summed E-state index contributed by atoms with van der Waals surface area (Å²) in [5, 5.41) is 6.34. The van der Waals surface area contributed by atoms with Crippen molar-refractivity contribution < 1.29 is 9.47 Å². The van der Waals surface area contributed by atoms with Crippen LogP contribution in [0.1, 0.15) is 49.8 Å². The van der Waals surface area contributed by atoms with Gasteiger partial charge in [-0.2, -0.15) is 0 Å². The molecule has 1 radical (unpaired) electrons. The first-order valence-corrected chi connectivity index (χ1v) is 10.6. The molecule has 29 heavy (non-hydrogen) atoms. The van der Waals surface area contributed by atoms with Gasteiger partial charge in [-0.3, -0.25) is 0 Å². The lowest BCUT2D eigenvalue weighted by Crippen LogP contribution is -2.11. The van der Waals surface area contributed by atoms with Gasteiger partial charge in [-0.05, 0) is 48.1 Å². The third-order valence-corrected chi connectivity index (χ3v) is 6.06. The van der Waals surface area contributed by atoms with Gasteiger partial charge in [0.05, 0.1) is 20.3 Å². The molecule has 4 rings (SSSR count). The van der Waals surface area contributed by atoms with Crippen LogP contribution in [-0.2, 0) is 6.54 Å². The molecule has 1 aliphatic heterocycles. The maximum absolute atomic E-state index is 5.54. The molecular formula is C25H31N2O2. The molecule has 0 bridgehead atoms. The van der Waals surface area contributed by atoms with Crippen LogP contribution in [-0.4, -0.2) is 25.3 Å². The topological polar surface area (TPSA) is 37.5 Å². The number of aryl methyl sites for hydroxylation is 1. The van der Waals surface area contributed by atoms with E-state index in [-0.39, 0.29) is 6.04 Å². The summed E-state index contributed by atoms with van der Waals surface area (Å²) in [7, 11) is 3.36. The van der Waals surface area contributed by atoms with Gasteiger partial charge in [0.2, 0.25) is 0 Å². The Morgan fingerprint density at radius 2 is 1.86 bits per heavy atom. The number of rotatable bonds is 7. The Hall–Kier alpha value is -2.46. The summed E-state index contributed by atoms with van der Waals surface area (Å²) >= 11 is 0. The van der Waals surface area contributed by atoms with Gasteiger partial charge in [0, 0.05) is 36.1 Å². The van der Waals surface area contributed by atoms with Crippen molar-refractivity contribution in [1.82, 2.24) is 9.88 Å². The maximum atomic E-state index is 5.54. The zero-order valence-corrected chi connectivity index (χ0v) is 17.9. The van der Waals surface area contributed by atoms with Gasteiger partial charge >= 0.3 is 0 Å². The predicted molar refractivity (Wildman–Crippen MR) is 118 cm³/mol. The number of hydrogen-bond acceptors (Lipinski definition) is 2. The molecule has 0 saturated carbocycles. The van der Waals surface area contributed by atoms with Gasteiger partial charge in [-0.15, -0.1) is 0 Å². The first kappa shape index (κ1) is 19.8. The lowest BCUT2D eigenvalue weighted by atomic mass is 9.87. The van der Waals surface area contributed by atoms with Crippen LogP contribution in [0.3, 0.4) is 0 Å². The molecule has 1 fully saturated rings. The fourth-order valence-electron chi connectivity index (χ4n) is 4.49. The standard InChI is InChI=1S/C25H31N2O2/c1-17(2)12-14-27-16-21(19-7-5-6-8-22(19)27)20-11-13-26-25(20)18-9-10-23(28-3)24(15-18)29-4/h5-10,15-17,20,25H,11-14H2,1-4H3. The predicted octanol–water partition coefficient (Wildman–Crippen LogP) is 5.54. The normalized spacial score (nSPS) is 19.2. The van der Waals surface area contributed by atoms with Crippen LogP contribution in [0.2, 0.25) is 0 Å². The van der Waals surface area contributed by atoms with Crippen molar-refractivity contribution >= 4 is 10.9 Å². The largest absolute Gasteiger partial charge is 0.493 e. The van der Waals surface area contributed by atoms with E-state index in [1.807, 2.05) is 6.07 Å². The molecule has 1 saturated heterocycles. The van der Waals surface area contributed by atoms with Gasteiger partial charge in [0.1, 0.15) is 0 Å². The van der Waals surface area contributed by atoms with Crippen molar-refractivity contribution in [2.75, 3.05) is 20.8 Å². The quantitative estimate of drug-likeness (QED) is 0.530. The summed E-state index contributed by atoms with van der Waals surface area (Å²) in [6.07, 6.45) is 4.65. The Kier molecular flexibility index (Phi) is 5.81. The molecule has 2 heterocycles. The van der Waals surface area contributed by atoms with E-state index in [1.54, 1.807) is 14.2 Å². The maximum Gasteiger partial charge on any atom is 0.161 e. The lowest BCUT2D eigenvalue weighted by molar-refractivity contribution is 0.354. The molecule has 4 nitrogen and oxygen atoms in total. The Morgan fingerprint density at radius 3 is 2.62 bits per heavy atom. The summed E-state index contributed by atoms with van der Waals surface area (Å²) in [5.41, 5.74) is 3.95. The van der Waals surface area contributed by atoms with Crippen molar-refractivity contribution in [1.29, 1.82) is 0 Å². The van der Waals surface area contributed by atoms with E-state index < -0.39 is 0 Å². The van der Waals surface area contributed by atoms with Gasteiger partial charge < -0.3 is 14.0 Å². The van der Waals surface area contributed by atoms with Crippen molar-refractivity contribution in [3.8, 4) is 11.5 Å².